The molecule has 5 rings (SSSR count). The molecule has 0 radical (unpaired) electrons. The van der Waals surface area contributed by atoms with Gasteiger partial charge in [-0.3, -0.25) is 4.98 Å². The zero-order chi connectivity index (χ0) is 20.1. The van der Waals surface area contributed by atoms with Crippen LogP contribution in [0.5, 0.6) is 0 Å². The Morgan fingerprint density at radius 3 is 2.48 bits per heavy atom. The van der Waals surface area contributed by atoms with E-state index in [1.165, 1.54) is 18.2 Å². The number of hydrogen-bond acceptors (Lipinski definition) is 2. The summed E-state index contributed by atoms with van der Waals surface area (Å²) in [5.41, 5.74) is 4.05. The van der Waals surface area contributed by atoms with Gasteiger partial charge in [0.25, 0.3) is 0 Å². The van der Waals surface area contributed by atoms with E-state index in [4.69, 9.17) is 16.7 Å². The Kier molecular flexibility index (Phi) is 4.07. The van der Waals surface area contributed by atoms with E-state index < -0.39 is 5.82 Å². The third kappa shape index (κ3) is 2.86. The van der Waals surface area contributed by atoms with E-state index in [0.29, 0.717) is 21.6 Å². The van der Waals surface area contributed by atoms with Crippen LogP contribution in [0, 0.1) is 18.6 Å². The van der Waals surface area contributed by atoms with Gasteiger partial charge in [-0.05, 0) is 55.0 Å². The summed E-state index contributed by atoms with van der Waals surface area (Å²) in [5, 5.41) is 6.77. The fourth-order valence-corrected chi connectivity index (χ4v) is 3.67. The Balaban J connectivity index is 1.90. The minimum Gasteiger partial charge on any atom is -0.252 e. The van der Waals surface area contributed by atoms with E-state index in [1.807, 2.05) is 31.2 Å². The molecule has 0 amide bonds. The topological polar surface area (TPSA) is 30.7 Å². The fourth-order valence-electron chi connectivity index (χ4n) is 3.50. The van der Waals surface area contributed by atoms with Gasteiger partial charge in [0.15, 0.2) is 0 Å². The number of rotatable bonds is 2. The summed E-state index contributed by atoms with van der Waals surface area (Å²) in [6.45, 7) is 1.92. The highest BCUT2D eigenvalue weighted by Gasteiger charge is 2.18. The lowest BCUT2D eigenvalue weighted by Gasteiger charge is -2.08. The maximum atomic E-state index is 14.4. The minimum atomic E-state index is -0.401. The molecule has 3 aromatic carbocycles. The Morgan fingerprint density at radius 1 is 0.931 bits per heavy atom. The van der Waals surface area contributed by atoms with Crippen LogP contribution in [0.4, 0.5) is 8.78 Å². The first-order valence-corrected chi connectivity index (χ1v) is 9.39. The zero-order valence-corrected chi connectivity index (χ0v) is 16.1. The van der Waals surface area contributed by atoms with Gasteiger partial charge in [-0.2, -0.15) is 5.10 Å². The van der Waals surface area contributed by atoms with Crippen molar-refractivity contribution in [2.24, 2.45) is 0 Å². The van der Waals surface area contributed by atoms with Crippen LogP contribution >= 0.6 is 11.6 Å². The summed E-state index contributed by atoms with van der Waals surface area (Å²) in [6, 6.07) is 16.6. The normalized spacial score (nSPS) is 11.4. The summed E-state index contributed by atoms with van der Waals surface area (Å²) in [7, 11) is 0. The Morgan fingerprint density at radius 2 is 1.72 bits per heavy atom. The summed E-state index contributed by atoms with van der Waals surface area (Å²) in [5.74, 6) is -0.726. The lowest BCUT2D eigenvalue weighted by molar-refractivity contribution is 0.628. The van der Waals surface area contributed by atoms with Gasteiger partial charge in [0, 0.05) is 27.6 Å². The van der Waals surface area contributed by atoms with Crippen molar-refractivity contribution in [3.63, 3.8) is 0 Å². The number of nitrogens with zero attached hydrogens (tertiary/aromatic N) is 3. The number of aryl methyl sites for hydroxylation is 1. The molecule has 0 saturated heterocycles. The first-order chi connectivity index (χ1) is 14.0. The predicted molar refractivity (Wildman–Crippen MR) is 111 cm³/mol. The molecule has 0 atom stereocenters. The highest BCUT2D eigenvalue weighted by Crippen LogP contribution is 2.35. The van der Waals surface area contributed by atoms with Gasteiger partial charge >= 0.3 is 0 Å². The largest absolute Gasteiger partial charge is 0.252 e. The number of halogens is 3. The second kappa shape index (κ2) is 6.64. The molecule has 2 heterocycles. The van der Waals surface area contributed by atoms with Crippen molar-refractivity contribution < 1.29 is 8.78 Å². The SMILES string of the molecule is Cc1ccc(-n2nc(-c3ccc(F)cc3)c3cnc4c(F)cccc4c32)cc1Cl. The van der Waals surface area contributed by atoms with Crippen LogP contribution in [0.15, 0.2) is 66.9 Å². The van der Waals surface area contributed by atoms with Gasteiger partial charge < -0.3 is 0 Å². The van der Waals surface area contributed by atoms with Crippen molar-refractivity contribution in [3.05, 3.63) is 89.1 Å². The molecule has 0 unspecified atom stereocenters. The molecule has 0 bridgehead atoms. The van der Waals surface area contributed by atoms with E-state index in [-0.39, 0.29) is 11.3 Å². The molecule has 0 aliphatic heterocycles. The number of hydrogen-bond donors (Lipinski definition) is 0. The molecule has 29 heavy (non-hydrogen) atoms. The quantitative estimate of drug-likeness (QED) is 0.336. The molecule has 0 fully saturated rings. The second-order valence-electron chi connectivity index (χ2n) is 6.86. The minimum absolute atomic E-state index is 0.269. The number of pyridine rings is 1. The van der Waals surface area contributed by atoms with Gasteiger partial charge in [-0.15, -0.1) is 0 Å². The number of fused-ring (bicyclic) bond motifs is 3. The Bertz CT molecular complexity index is 1390. The first kappa shape index (κ1) is 17.8. The molecule has 0 aliphatic carbocycles. The van der Waals surface area contributed by atoms with Crippen molar-refractivity contribution in [3.8, 4) is 16.9 Å². The number of aromatic nitrogens is 3. The van der Waals surface area contributed by atoms with Crippen LogP contribution in [0.25, 0.3) is 38.8 Å². The molecule has 0 spiro atoms. The van der Waals surface area contributed by atoms with Crippen LogP contribution in [0.3, 0.4) is 0 Å². The average molecular weight is 406 g/mol. The van der Waals surface area contributed by atoms with Gasteiger partial charge in [-0.1, -0.05) is 29.8 Å². The van der Waals surface area contributed by atoms with Crippen LogP contribution in [-0.2, 0) is 0 Å². The molecular weight excluding hydrogens is 392 g/mol. The van der Waals surface area contributed by atoms with Crippen molar-refractivity contribution >= 4 is 33.4 Å². The molecule has 5 aromatic rings. The van der Waals surface area contributed by atoms with E-state index in [0.717, 1.165) is 22.2 Å². The molecule has 0 saturated carbocycles. The molecule has 3 nitrogen and oxygen atoms in total. The summed E-state index contributed by atoms with van der Waals surface area (Å²) in [4.78, 5) is 4.32. The maximum absolute atomic E-state index is 14.4. The smallest absolute Gasteiger partial charge is 0.149 e. The monoisotopic (exact) mass is 405 g/mol. The summed E-state index contributed by atoms with van der Waals surface area (Å²) in [6.07, 6.45) is 1.61. The van der Waals surface area contributed by atoms with Crippen LogP contribution in [0.1, 0.15) is 5.56 Å². The van der Waals surface area contributed by atoms with Gasteiger partial charge in [0.1, 0.15) is 22.8 Å². The molecular formula is C23H14ClF2N3. The molecule has 142 valence electrons. The highest BCUT2D eigenvalue weighted by molar-refractivity contribution is 6.31. The van der Waals surface area contributed by atoms with E-state index in [1.54, 1.807) is 29.1 Å². The molecule has 6 heteroatoms. The Hall–Kier alpha value is -3.31. The van der Waals surface area contributed by atoms with Crippen LogP contribution in [0.2, 0.25) is 5.02 Å². The predicted octanol–water partition coefficient (Wildman–Crippen LogP) is 6.48. The van der Waals surface area contributed by atoms with E-state index in [9.17, 15) is 8.78 Å². The van der Waals surface area contributed by atoms with E-state index >= 15 is 0 Å². The second-order valence-corrected chi connectivity index (χ2v) is 7.26. The molecule has 0 aliphatic rings. The number of para-hydroxylation sites is 1. The van der Waals surface area contributed by atoms with Gasteiger partial charge in [0.2, 0.25) is 0 Å². The molecule has 0 N–H and O–H groups in total. The Labute approximate surface area is 170 Å². The standard InChI is InChI=1S/C23H14ClF2N3/c1-13-5-10-16(11-19(13)24)29-23-17-3-2-4-20(26)22(17)27-12-18(23)21(28-29)14-6-8-15(25)9-7-14/h2-12H,1H3. The van der Waals surface area contributed by atoms with Crippen molar-refractivity contribution in [2.75, 3.05) is 0 Å². The van der Waals surface area contributed by atoms with Crippen molar-refractivity contribution in [1.82, 2.24) is 14.8 Å². The zero-order valence-electron chi connectivity index (χ0n) is 15.3. The van der Waals surface area contributed by atoms with Crippen molar-refractivity contribution in [2.45, 2.75) is 6.92 Å². The third-order valence-corrected chi connectivity index (χ3v) is 5.41. The lowest BCUT2D eigenvalue weighted by Crippen LogP contribution is -1.98. The summed E-state index contributed by atoms with van der Waals surface area (Å²) >= 11 is 6.34. The molecule has 2 aromatic heterocycles. The average Bonchev–Trinajstić information content (AvgIpc) is 3.11. The van der Waals surface area contributed by atoms with E-state index in [2.05, 4.69) is 4.98 Å². The lowest BCUT2D eigenvalue weighted by atomic mass is 10.1. The number of benzene rings is 3. The van der Waals surface area contributed by atoms with Gasteiger partial charge in [-0.25, -0.2) is 13.5 Å². The van der Waals surface area contributed by atoms with Crippen LogP contribution < -0.4 is 0 Å². The van der Waals surface area contributed by atoms with Gasteiger partial charge in [0.05, 0.1) is 11.2 Å². The summed E-state index contributed by atoms with van der Waals surface area (Å²) < 4.78 is 29.6. The third-order valence-electron chi connectivity index (χ3n) is 5.00. The first-order valence-electron chi connectivity index (χ1n) is 9.01. The van der Waals surface area contributed by atoms with Crippen LogP contribution in [-0.4, -0.2) is 14.8 Å². The van der Waals surface area contributed by atoms with Crippen molar-refractivity contribution in [1.29, 1.82) is 0 Å². The fraction of sp³-hybridized carbons (Fsp3) is 0.0435. The maximum Gasteiger partial charge on any atom is 0.149 e. The highest BCUT2D eigenvalue weighted by atomic mass is 35.5.